The van der Waals surface area contributed by atoms with E-state index in [9.17, 15) is 0 Å². The number of pyridine rings is 1. The molecule has 64 valence electrons. The fraction of sp³-hybridized carbons (Fsp3) is 0.100. The van der Waals surface area contributed by atoms with Crippen LogP contribution in [-0.4, -0.2) is 15.0 Å². The van der Waals surface area contributed by atoms with Gasteiger partial charge in [-0.25, -0.2) is 9.97 Å². The van der Waals surface area contributed by atoms with Crippen molar-refractivity contribution in [2.24, 2.45) is 0 Å². The molecule has 0 bridgehead atoms. The van der Waals surface area contributed by atoms with Gasteiger partial charge in [-0.1, -0.05) is 0 Å². The Balaban J connectivity index is 2.16. The first-order valence-corrected chi connectivity index (χ1v) is 4.09. The Morgan fingerprint density at radius 2 is 1.69 bits per heavy atom. The molecule has 0 fully saturated rings. The average molecular weight is 171 g/mol. The summed E-state index contributed by atoms with van der Waals surface area (Å²) < 4.78 is 0. The molecule has 0 saturated heterocycles. The molecule has 2 heterocycles. The number of hydrogen-bond donors (Lipinski definition) is 0. The van der Waals surface area contributed by atoms with E-state index in [1.807, 2.05) is 18.2 Å². The van der Waals surface area contributed by atoms with Crippen LogP contribution < -0.4 is 0 Å². The van der Waals surface area contributed by atoms with Gasteiger partial charge < -0.3 is 0 Å². The molecule has 3 heteroatoms. The minimum atomic E-state index is 0.838. The highest BCUT2D eigenvalue weighted by atomic mass is 14.8. The van der Waals surface area contributed by atoms with Crippen molar-refractivity contribution in [3.8, 4) is 0 Å². The van der Waals surface area contributed by atoms with Crippen LogP contribution in [0.3, 0.4) is 0 Å². The van der Waals surface area contributed by atoms with Crippen LogP contribution in [0.2, 0.25) is 0 Å². The molecule has 2 aromatic heterocycles. The summed E-state index contributed by atoms with van der Waals surface area (Å²) in [5.41, 5.74) is 2.25. The van der Waals surface area contributed by atoms with E-state index in [1.54, 1.807) is 24.9 Å². The molecular formula is C10H9N3. The quantitative estimate of drug-likeness (QED) is 0.686. The smallest absolute Gasteiger partial charge is 0.115 e. The average Bonchev–Trinajstić information content (AvgIpc) is 2.21. The zero-order valence-electron chi connectivity index (χ0n) is 7.09. The molecule has 0 radical (unpaired) electrons. The lowest BCUT2D eigenvalue weighted by Gasteiger charge is -1.98. The predicted molar refractivity (Wildman–Crippen MR) is 49.1 cm³/mol. The number of hydrogen-bond acceptors (Lipinski definition) is 3. The van der Waals surface area contributed by atoms with Crippen molar-refractivity contribution >= 4 is 0 Å². The van der Waals surface area contributed by atoms with E-state index in [1.165, 1.54) is 5.56 Å². The van der Waals surface area contributed by atoms with Crippen LogP contribution in [-0.2, 0) is 6.42 Å². The van der Waals surface area contributed by atoms with Gasteiger partial charge in [0.05, 0.1) is 0 Å². The van der Waals surface area contributed by atoms with Gasteiger partial charge in [-0.15, -0.1) is 0 Å². The second-order valence-corrected chi connectivity index (χ2v) is 2.73. The Bertz CT molecular complexity index is 321. The van der Waals surface area contributed by atoms with Crippen LogP contribution in [0.5, 0.6) is 0 Å². The molecule has 0 spiro atoms. The van der Waals surface area contributed by atoms with Crippen LogP contribution >= 0.6 is 0 Å². The Morgan fingerprint density at radius 3 is 2.38 bits per heavy atom. The van der Waals surface area contributed by atoms with E-state index in [2.05, 4.69) is 15.0 Å². The van der Waals surface area contributed by atoms with E-state index in [0.717, 1.165) is 12.1 Å². The summed E-state index contributed by atoms with van der Waals surface area (Å²) in [4.78, 5) is 12.0. The molecule has 0 aliphatic carbocycles. The van der Waals surface area contributed by atoms with Crippen molar-refractivity contribution in [3.05, 3.63) is 54.4 Å². The normalized spacial score (nSPS) is 9.85. The van der Waals surface area contributed by atoms with Crippen molar-refractivity contribution in [1.82, 2.24) is 15.0 Å². The first-order valence-electron chi connectivity index (χ1n) is 4.09. The zero-order valence-corrected chi connectivity index (χ0v) is 7.09. The minimum absolute atomic E-state index is 0.838. The SMILES string of the molecule is c1cc(Cc2ccncn2)ccn1. The molecule has 0 unspecified atom stereocenters. The van der Waals surface area contributed by atoms with Crippen LogP contribution in [0, 0.1) is 0 Å². The Labute approximate surface area is 76.5 Å². The van der Waals surface area contributed by atoms with Crippen molar-refractivity contribution < 1.29 is 0 Å². The Kier molecular flexibility index (Phi) is 2.27. The van der Waals surface area contributed by atoms with E-state index in [0.29, 0.717) is 0 Å². The van der Waals surface area contributed by atoms with Gasteiger partial charge >= 0.3 is 0 Å². The lowest BCUT2D eigenvalue weighted by molar-refractivity contribution is 1.02. The third-order valence-electron chi connectivity index (χ3n) is 1.78. The van der Waals surface area contributed by atoms with Gasteiger partial charge in [-0.2, -0.15) is 0 Å². The topological polar surface area (TPSA) is 38.7 Å². The number of aromatic nitrogens is 3. The maximum atomic E-state index is 4.14. The Hall–Kier alpha value is -1.77. The highest BCUT2D eigenvalue weighted by molar-refractivity contribution is 5.17. The number of rotatable bonds is 2. The molecule has 0 aliphatic rings. The fourth-order valence-electron chi connectivity index (χ4n) is 1.13. The highest BCUT2D eigenvalue weighted by Gasteiger charge is 1.94. The second kappa shape index (κ2) is 3.76. The molecule has 0 amide bonds. The standard InChI is InChI=1S/C10H9N3/c1-4-11-5-2-9(1)7-10-3-6-12-8-13-10/h1-6,8H,7H2. The number of nitrogens with zero attached hydrogens (tertiary/aromatic N) is 3. The van der Waals surface area contributed by atoms with Gasteiger partial charge in [0.15, 0.2) is 0 Å². The lowest BCUT2D eigenvalue weighted by Crippen LogP contribution is -1.91. The maximum absolute atomic E-state index is 4.14. The van der Waals surface area contributed by atoms with Gasteiger partial charge in [0.2, 0.25) is 0 Å². The summed E-state index contributed by atoms with van der Waals surface area (Å²) in [6.45, 7) is 0. The summed E-state index contributed by atoms with van der Waals surface area (Å²) in [6, 6.07) is 5.89. The van der Waals surface area contributed by atoms with Gasteiger partial charge in [0.1, 0.15) is 6.33 Å². The summed E-state index contributed by atoms with van der Waals surface area (Å²) in [7, 11) is 0. The third kappa shape index (κ3) is 2.08. The lowest BCUT2D eigenvalue weighted by atomic mass is 10.1. The summed E-state index contributed by atoms with van der Waals surface area (Å²) in [5.74, 6) is 0. The van der Waals surface area contributed by atoms with Crippen molar-refractivity contribution in [3.63, 3.8) is 0 Å². The van der Waals surface area contributed by atoms with E-state index >= 15 is 0 Å². The van der Waals surface area contributed by atoms with E-state index < -0.39 is 0 Å². The van der Waals surface area contributed by atoms with Gasteiger partial charge in [0, 0.05) is 30.7 Å². The predicted octanol–water partition coefficient (Wildman–Crippen LogP) is 1.46. The van der Waals surface area contributed by atoms with Crippen molar-refractivity contribution in [1.29, 1.82) is 0 Å². The largest absolute Gasteiger partial charge is 0.265 e. The van der Waals surface area contributed by atoms with Gasteiger partial charge in [0.25, 0.3) is 0 Å². The molecule has 2 aromatic rings. The molecule has 2 rings (SSSR count). The van der Waals surface area contributed by atoms with Crippen LogP contribution in [0.15, 0.2) is 43.1 Å². The first-order chi connectivity index (χ1) is 6.45. The zero-order chi connectivity index (χ0) is 8.93. The van der Waals surface area contributed by atoms with Crippen LogP contribution in [0.4, 0.5) is 0 Å². The van der Waals surface area contributed by atoms with Crippen molar-refractivity contribution in [2.75, 3.05) is 0 Å². The van der Waals surface area contributed by atoms with E-state index in [-0.39, 0.29) is 0 Å². The third-order valence-corrected chi connectivity index (χ3v) is 1.78. The fourth-order valence-corrected chi connectivity index (χ4v) is 1.13. The second-order valence-electron chi connectivity index (χ2n) is 2.73. The van der Waals surface area contributed by atoms with Crippen LogP contribution in [0.25, 0.3) is 0 Å². The molecule has 3 nitrogen and oxygen atoms in total. The molecule has 0 aromatic carbocycles. The van der Waals surface area contributed by atoms with Crippen LogP contribution in [0.1, 0.15) is 11.3 Å². The first kappa shape index (κ1) is 7.86. The molecule has 0 aliphatic heterocycles. The minimum Gasteiger partial charge on any atom is -0.265 e. The highest BCUT2D eigenvalue weighted by Crippen LogP contribution is 2.03. The van der Waals surface area contributed by atoms with Crippen molar-refractivity contribution in [2.45, 2.75) is 6.42 Å². The molecular weight excluding hydrogens is 162 g/mol. The monoisotopic (exact) mass is 171 g/mol. The summed E-state index contributed by atoms with van der Waals surface area (Å²) in [5, 5.41) is 0. The summed E-state index contributed by atoms with van der Waals surface area (Å²) >= 11 is 0. The van der Waals surface area contributed by atoms with Gasteiger partial charge in [-0.05, 0) is 23.8 Å². The molecule has 13 heavy (non-hydrogen) atoms. The molecule has 0 N–H and O–H groups in total. The maximum Gasteiger partial charge on any atom is 0.115 e. The molecule has 0 atom stereocenters. The molecule has 0 saturated carbocycles. The summed E-state index contributed by atoms with van der Waals surface area (Å²) in [6.07, 6.45) is 7.73. The van der Waals surface area contributed by atoms with Gasteiger partial charge in [-0.3, -0.25) is 4.98 Å². The van der Waals surface area contributed by atoms with E-state index in [4.69, 9.17) is 0 Å². The Morgan fingerprint density at radius 1 is 0.923 bits per heavy atom.